The average Bonchev–Trinajstić information content (AvgIpc) is 2.15. The number of rotatable bonds is 1. The highest BCUT2D eigenvalue weighted by Crippen LogP contribution is 2.21. The Labute approximate surface area is 88.5 Å². The molecule has 0 saturated carbocycles. The Morgan fingerprint density at radius 2 is 2.07 bits per heavy atom. The summed E-state index contributed by atoms with van der Waals surface area (Å²) in [5.74, 6) is -1.17. The SMILES string of the molecule is CN(C(=O)c1ccc(Cl)nc1)C(F)(F)F. The zero-order chi connectivity index (χ0) is 11.6. The first-order chi connectivity index (χ1) is 6.82. The molecule has 0 saturated heterocycles. The summed E-state index contributed by atoms with van der Waals surface area (Å²) in [6.45, 7) is 0. The average molecular weight is 239 g/mol. The fraction of sp³-hybridized carbons (Fsp3) is 0.250. The minimum atomic E-state index is -4.70. The predicted molar refractivity (Wildman–Crippen MR) is 47.4 cm³/mol. The molecule has 0 bridgehead atoms. The van der Waals surface area contributed by atoms with Gasteiger partial charge in [0.05, 0.1) is 5.56 Å². The molecule has 0 radical (unpaired) electrons. The van der Waals surface area contributed by atoms with Gasteiger partial charge in [-0.2, -0.15) is 0 Å². The molecular formula is C8H6ClF3N2O. The molecule has 15 heavy (non-hydrogen) atoms. The zero-order valence-corrected chi connectivity index (χ0v) is 8.30. The highest BCUT2D eigenvalue weighted by Gasteiger charge is 2.38. The molecule has 7 heteroatoms. The molecule has 0 aromatic carbocycles. The Hall–Kier alpha value is -1.30. The number of nitrogens with zero attached hydrogens (tertiary/aromatic N) is 2. The maximum Gasteiger partial charge on any atom is 0.487 e. The van der Waals surface area contributed by atoms with Crippen molar-refractivity contribution in [2.75, 3.05) is 7.05 Å². The molecule has 0 N–H and O–H groups in total. The summed E-state index contributed by atoms with van der Waals surface area (Å²) in [7, 11) is 0.650. The topological polar surface area (TPSA) is 33.2 Å². The maximum absolute atomic E-state index is 12.1. The van der Waals surface area contributed by atoms with Crippen molar-refractivity contribution in [3.8, 4) is 0 Å². The lowest BCUT2D eigenvalue weighted by atomic mass is 10.2. The van der Waals surface area contributed by atoms with Crippen molar-refractivity contribution < 1.29 is 18.0 Å². The van der Waals surface area contributed by atoms with Crippen molar-refractivity contribution in [2.24, 2.45) is 0 Å². The van der Waals surface area contributed by atoms with E-state index >= 15 is 0 Å². The van der Waals surface area contributed by atoms with E-state index in [9.17, 15) is 18.0 Å². The lowest BCUT2D eigenvalue weighted by Gasteiger charge is -2.19. The summed E-state index contributed by atoms with van der Waals surface area (Å²) in [5, 5.41) is 0.112. The van der Waals surface area contributed by atoms with Crippen LogP contribution in [0.2, 0.25) is 5.15 Å². The van der Waals surface area contributed by atoms with E-state index in [1.807, 2.05) is 0 Å². The number of halogens is 4. The van der Waals surface area contributed by atoms with E-state index in [0.717, 1.165) is 6.20 Å². The van der Waals surface area contributed by atoms with Crippen LogP contribution in [-0.2, 0) is 0 Å². The van der Waals surface area contributed by atoms with Crippen LogP contribution in [0, 0.1) is 0 Å². The first-order valence-corrected chi connectivity index (χ1v) is 4.16. The lowest BCUT2D eigenvalue weighted by molar-refractivity contribution is -0.216. The van der Waals surface area contributed by atoms with Gasteiger partial charge >= 0.3 is 6.30 Å². The molecule has 1 rings (SSSR count). The van der Waals surface area contributed by atoms with Crippen LogP contribution in [0.4, 0.5) is 13.2 Å². The number of alkyl halides is 3. The maximum atomic E-state index is 12.1. The molecule has 1 aromatic heterocycles. The molecule has 0 aliphatic carbocycles. The monoisotopic (exact) mass is 238 g/mol. The fourth-order valence-electron chi connectivity index (χ4n) is 0.811. The van der Waals surface area contributed by atoms with E-state index < -0.39 is 12.2 Å². The van der Waals surface area contributed by atoms with Gasteiger partial charge in [0.2, 0.25) is 0 Å². The molecule has 1 aromatic rings. The van der Waals surface area contributed by atoms with Gasteiger partial charge in [-0.3, -0.25) is 9.69 Å². The van der Waals surface area contributed by atoms with Crippen LogP contribution in [0.3, 0.4) is 0 Å². The summed E-state index contributed by atoms with van der Waals surface area (Å²) >= 11 is 5.43. The smallest absolute Gasteiger partial charge is 0.269 e. The number of pyridine rings is 1. The third kappa shape index (κ3) is 2.82. The van der Waals surface area contributed by atoms with Crippen molar-refractivity contribution in [2.45, 2.75) is 6.30 Å². The summed E-state index contributed by atoms with van der Waals surface area (Å²) in [6.07, 6.45) is -3.70. The number of aromatic nitrogens is 1. The quantitative estimate of drug-likeness (QED) is 0.556. The second kappa shape index (κ2) is 4.06. The van der Waals surface area contributed by atoms with Crippen LogP contribution in [0.1, 0.15) is 10.4 Å². The second-order valence-electron chi connectivity index (χ2n) is 2.70. The Balaban J connectivity index is 2.90. The molecular weight excluding hydrogens is 233 g/mol. The minimum absolute atomic E-state index is 0.112. The van der Waals surface area contributed by atoms with Crippen LogP contribution in [0.25, 0.3) is 0 Å². The Kier molecular flexibility index (Phi) is 3.18. The summed E-state index contributed by atoms with van der Waals surface area (Å²) in [5.41, 5.74) is -0.167. The third-order valence-electron chi connectivity index (χ3n) is 1.66. The standard InChI is InChI=1S/C8H6ClF3N2O/c1-14(8(10,11)12)7(15)5-2-3-6(9)13-4-5/h2-4H,1H3. The van der Waals surface area contributed by atoms with Crippen molar-refractivity contribution in [1.82, 2.24) is 9.88 Å². The Morgan fingerprint density at radius 3 is 2.47 bits per heavy atom. The fourth-order valence-corrected chi connectivity index (χ4v) is 0.923. The van der Waals surface area contributed by atoms with Crippen LogP contribution in [0.15, 0.2) is 18.3 Å². The van der Waals surface area contributed by atoms with Crippen LogP contribution in [0.5, 0.6) is 0 Å². The highest BCUT2D eigenvalue weighted by atomic mass is 35.5. The van der Waals surface area contributed by atoms with Gasteiger partial charge in [0.15, 0.2) is 0 Å². The predicted octanol–water partition coefficient (Wildman–Crippen LogP) is 2.33. The van der Waals surface area contributed by atoms with Gasteiger partial charge in [-0.05, 0) is 12.1 Å². The number of hydrogen-bond acceptors (Lipinski definition) is 2. The molecule has 0 fully saturated rings. The molecule has 0 unspecified atom stereocenters. The van der Waals surface area contributed by atoms with Crippen molar-refractivity contribution >= 4 is 17.5 Å². The minimum Gasteiger partial charge on any atom is -0.269 e. The molecule has 1 heterocycles. The van der Waals surface area contributed by atoms with Crippen LogP contribution < -0.4 is 0 Å². The Bertz CT molecular complexity index is 363. The van der Waals surface area contributed by atoms with Crippen LogP contribution in [-0.4, -0.2) is 29.1 Å². The van der Waals surface area contributed by atoms with E-state index in [1.165, 1.54) is 12.1 Å². The van der Waals surface area contributed by atoms with Gasteiger partial charge in [0.1, 0.15) is 5.15 Å². The highest BCUT2D eigenvalue weighted by molar-refractivity contribution is 6.29. The molecule has 0 spiro atoms. The van der Waals surface area contributed by atoms with Gasteiger partial charge in [-0.1, -0.05) is 11.6 Å². The number of carbonyl (C=O) groups excluding carboxylic acids is 1. The largest absolute Gasteiger partial charge is 0.487 e. The lowest BCUT2D eigenvalue weighted by Crippen LogP contribution is -2.39. The third-order valence-corrected chi connectivity index (χ3v) is 1.88. The number of hydrogen-bond donors (Lipinski definition) is 0. The van der Waals surface area contributed by atoms with Crippen molar-refractivity contribution in [3.05, 3.63) is 29.0 Å². The van der Waals surface area contributed by atoms with E-state index in [-0.39, 0.29) is 15.6 Å². The Morgan fingerprint density at radius 1 is 1.47 bits per heavy atom. The molecule has 0 aliphatic rings. The second-order valence-corrected chi connectivity index (χ2v) is 3.09. The van der Waals surface area contributed by atoms with E-state index in [1.54, 1.807) is 0 Å². The summed E-state index contributed by atoms with van der Waals surface area (Å²) in [6, 6.07) is 2.43. The first kappa shape index (κ1) is 11.8. The van der Waals surface area contributed by atoms with E-state index in [2.05, 4.69) is 4.98 Å². The summed E-state index contributed by atoms with van der Waals surface area (Å²) < 4.78 is 36.4. The van der Waals surface area contributed by atoms with Gasteiger partial charge in [0, 0.05) is 13.2 Å². The van der Waals surface area contributed by atoms with Crippen molar-refractivity contribution in [1.29, 1.82) is 0 Å². The molecule has 0 aliphatic heterocycles. The molecule has 3 nitrogen and oxygen atoms in total. The molecule has 1 amide bonds. The zero-order valence-electron chi connectivity index (χ0n) is 7.55. The summed E-state index contributed by atoms with van der Waals surface area (Å²) in [4.78, 5) is 14.4. The normalized spacial score (nSPS) is 11.3. The van der Waals surface area contributed by atoms with Gasteiger partial charge in [0.25, 0.3) is 5.91 Å². The number of amides is 1. The van der Waals surface area contributed by atoms with E-state index in [0.29, 0.717) is 7.05 Å². The van der Waals surface area contributed by atoms with Crippen LogP contribution >= 0.6 is 11.6 Å². The molecule has 82 valence electrons. The van der Waals surface area contributed by atoms with Crippen molar-refractivity contribution in [3.63, 3.8) is 0 Å². The van der Waals surface area contributed by atoms with Gasteiger partial charge in [-0.25, -0.2) is 4.98 Å². The van der Waals surface area contributed by atoms with E-state index in [4.69, 9.17) is 11.6 Å². The number of carbonyl (C=O) groups is 1. The molecule has 0 atom stereocenters. The van der Waals surface area contributed by atoms with Gasteiger partial charge < -0.3 is 0 Å². The first-order valence-electron chi connectivity index (χ1n) is 3.79. The van der Waals surface area contributed by atoms with Gasteiger partial charge in [-0.15, -0.1) is 13.2 Å².